The molecule has 5 rings (SSSR count). The summed E-state index contributed by atoms with van der Waals surface area (Å²) in [6.45, 7) is 6.00. The number of thiazole rings is 1. The number of amides is 1. The molecule has 40 heavy (non-hydrogen) atoms. The Labute approximate surface area is 236 Å². The van der Waals surface area contributed by atoms with Crippen molar-refractivity contribution in [1.29, 1.82) is 0 Å². The van der Waals surface area contributed by atoms with Gasteiger partial charge in [0.25, 0.3) is 5.91 Å². The van der Waals surface area contributed by atoms with Crippen LogP contribution in [0, 0.1) is 5.82 Å². The summed E-state index contributed by atoms with van der Waals surface area (Å²) in [4.78, 5) is 35.1. The smallest absolute Gasteiger partial charge is 0.352 e. The molecule has 1 saturated heterocycles. The van der Waals surface area contributed by atoms with E-state index in [1.165, 1.54) is 29.5 Å². The van der Waals surface area contributed by atoms with E-state index in [2.05, 4.69) is 39.6 Å². The van der Waals surface area contributed by atoms with E-state index in [0.29, 0.717) is 27.0 Å². The zero-order chi connectivity index (χ0) is 28.1. The predicted molar refractivity (Wildman–Crippen MR) is 157 cm³/mol. The van der Waals surface area contributed by atoms with Crippen molar-refractivity contribution >= 4 is 46.1 Å². The monoisotopic (exact) mass is 559 g/mol. The van der Waals surface area contributed by atoms with Crippen molar-refractivity contribution in [2.24, 2.45) is 0 Å². The maximum absolute atomic E-state index is 14.1. The fraction of sp³-hybridized carbons (Fsp3) is 0.233. The topological polar surface area (TPSA) is 86.8 Å². The first-order chi connectivity index (χ1) is 19.4. The molecule has 2 N–H and O–H groups in total. The molecule has 1 aromatic heterocycles. The van der Waals surface area contributed by atoms with E-state index in [9.17, 15) is 14.0 Å². The highest BCUT2D eigenvalue weighted by molar-refractivity contribution is 7.17. The summed E-state index contributed by atoms with van der Waals surface area (Å²) in [7, 11) is 2.13. The average molecular weight is 560 g/mol. The van der Waals surface area contributed by atoms with E-state index < -0.39 is 17.7 Å². The van der Waals surface area contributed by atoms with Crippen LogP contribution in [0.2, 0.25) is 0 Å². The minimum atomic E-state index is -0.595. The quantitative estimate of drug-likeness (QED) is 0.261. The number of likely N-dealkylation sites (N-methyl/N-ethyl adjacent to an activating group) is 1. The van der Waals surface area contributed by atoms with Gasteiger partial charge in [-0.3, -0.25) is 4.79 Å². The molecular formula is C30H30FN5O3S. The Kier molecular flexibility index (Phi) is 8.37. The van der Waals surface area contributed by atoms with Crippen molar-refractivity contribution in [2.75, 3.05) is 55.4 Å². The third-order valence-corrected chi connectivity index (χ3v) is 7.66. The zero-order valence-corrected chi connectivity index (χ0v) is 23.1. The van der Waals surface area contributed by atoms with Crippen LogP contribution in [0.25, 0.3) is 10.6 Å². The van der Waals surface area contributed by atoms with Gasteiger partial charge in [0, 0.05) is 48.8 Å². The van der Waals surface area contributed by atoms with Crippen molar-refractivity contribution in [3.8, 4) is 10.6 Å². The third kappa shape index (κ3) is 6.30. The second-order valence-corrected chi connectivity index (χ2v) is 10.4. The lowest BCUT2D eigenvalue weighted by Crippen LogP contribution is -2.44. The number of ether oxygens (including phenoxy) is 1. The van der Waals surface area contributed by atoms with Gasteiger partial charge in [-0.25, -0.2) is 14.2 Å². The number of esters is 1. The van der Waals surface area contributed by atoms with E-state index in [1.54, 1.807) is 31.2 Å². The molecule has 1 amide bonds. The number of rotatable bonds is 8. The van der Waals surface area contributed by atoms with Crippen LogP contribution in [0.5, 0.6) is 0 Å². The summed E-state index contributed by atoms with van der Waals surface area (Å²) in [6, 6.07) is 20.9. The highest BCUT2D eigenvalue weighted by Gasteiger charge is 2.21. The Balaban J connectivity index is 1.37. The van der Waals surface area contributed by atoms with Crippen LogP contribution in [0.4, 0.5) is 27.3 Å². The molecule has 10 heteroatoms. The summed E-state index contributed by atoms with van der Waals surface area (Å²) in [6.07, 6.45) is 0. The number of hydrogen-bond donors (Lipinski definition) is 2. The summed E-state index contributed by atoms with van der Waals surface area (Å²) in [5.41, 5.74) is 3.08. The van der Waals surface area contributed by atoms with Gasteiger partial charge in [0.15, 0.2) is 10.7 Å². The number of nitrogens with zero attached hydrogens (tertiary/aromatic N) is 3. The van der Waals surface area contributed by atoms with Crippen molar-refractivity contribution in [2.45, 2.75) is 6.92 Å². The predicted octanol–water partition coefficient (Wildman–Crippen LogP) is 5.87. The number of halogens is 1. The highest BCUT2D eigenvalue weighted by Crippen LogP contribution is 2.35. The van der Waals surface area contributed by atoms with E-state index in [1.807, 2.05) is 18.2 Å². The molecule has 0 radical (unpaired) electrons. The molecule has 1 aliphatic rings. The first-order valence-electron chi connectivity index (χ1n) is 13.1. The van der Waals surface area contributed by atoms with Gasteiger partial charge in [0.1, 0.15) is 10.8 Å². The van der Waals surface area contributed by atoms with Gasteiger partial charge in [0.2, 0.25) is 0 Å². The van der Waals surface area contributed by atoms with Crippen LogP contribution in [0.1, 0.15) is 27.0 Å². The van der Waals surface area contributed by atoms with Crippen LogP contribution in [0.15, 0.2) is 72.8 Å². The summed E-state index contributed by atoms with van der Waals surface area (Å²) in [5.74, 6) is -1.22. The Bertz CT molecular complexity index is 1500. The van der Waals surface area contributed by atoms with Gasteiger partial charge in [0.05, 0.1) is 12.2 Å². The number of anilines is 4. The fourth-order valence-corrected chi connectivity index (χ4v) is 5.30. The van der Waals surface area contributed by atoms with Crippen LogP contribution in [-0.2, 0) is 4.74 Å². The lowest BCUT2D eigenvalue weighted by molar-refractivity contribution is 0.0533. The van der Waals surface area contributed by atoms with Crippen molar-refractivity contribution in [3.63, 3.8) is 0 Å². The largest absolute Gasteiger partial charge is 0.462 e. The molecule has 8 nitrogen and oxygen atoms in total. The molecule has 0 atom stereocenters. The molecular weight excluding hydrogens is 529 g/mol. The minimum Gasteiger partial charge on any atom is -0.462 e. The summed E-state index contributed by atoms with van der Waals surface area (Å²) >= 11 is 1.20. The second kappa shape index (κ2) is 12.3. The number of hydrogen-bond acceptors (Lipinski definition) is 8. The van der Waals surface area contributed by atoms with Crippen LogP contribution < -0.4 is 15.5 Å². The first-order valence-corrected chi connectivity index (χ1v) is 13.9. The summed E-state index contributed by atoms with van der Waals surface area (Å²) in [5, 5.41) is 6.58. The van der Waals surface area contributed by atoms with E-state index >= 15 is 0 Å². The van der Waals surface area contributed by atoms with Crippen molar-refractivity contribution < 1.29 is 18.7 Å². The van der Waals surface area contributed by atoms with Gasteiger partial charge in [-0.2, -0.15) is 0 Å². The lowest BCUT2D eigenvalue weighted by Gasteiger charge is -2.34. The van der Waals surface area contributed by atoms with Gasteiger partial charge >= 0.3 is 5.97 Å². The molecule has 2 heterocycles. The number of aromatic nitrogens is 1. The molecule has 1 aliphatic heterocycles. The van der Waals surface area contributed by atoms with Crippen LogP contribution in [-0.4, -0.2) is 61.6 Å². The number of carbonyl (C=O) groups excluding carboxylic acids is 2. The standard InChI is InChI=1S/C30H30FN5O3S/c1-3-39-30(38)26-27(32-21-11-13-23(14-12-21)36-17-15-35(2)16-18-36)34-29(40-26)20-7-6-8-22(19-20)33-28(37)24-9-4-5-10-25(24)31/h4-14,19,32H,3,15-18H2,1-2H3,(H,33,37). The van der Waals surface area contributed by atoms with Crippen molar-refractivity contribution in [1.82, 2.24) is 9.88 Å². The molecule has 4 aromatic rings. The summed E-state index contributed by atoms with van der Waals surface area (Å²) < 4.78 is 19.3. The first kappa shape index (κ1) is 27.3. The Morgan fingerprint density at radius 2 is 1.73 bits per heavy atom. The Hall–Kier alpha value is -4.28. The van der Waals surface area contributed by atoms with Gasteiger partial charge in [-0.15, -0.1) is 11.3 Å². The third-order valence-electron chi connectivity index (χ3n) is 6.57. The van der Waals surface area contributed by atoms with E-state index in [-0.39, 0.29) is 12.2 Å². The number of carbonyl (C=O) groups is 2. The van der Waals surface area contributed by atoms with Crippen LogP contribution >= 0.6 is 11.3 Å². The van der Waals surface area contributed by atoms with Gasteiger partial charge in [-0.1, -0.05) is 24.3 Å². The van der Waals surface area contributed by atoms with E-state index in [4.69, 9.17) is 9.72 Å². The van der Waals surface area contributed by atoms with Crippen molar-refractivity contribution in [3.05, 3.63) is 89.1 Å². The molecule has 1 fully saturated rings. The maximum Gasteiger partial charge on any atom is 0.352 e. The zero-order valence-electron chi connectivity index (χ0n) is 22.3. The fourth-order valence-electron chi connectivity index (χ4n) is 4.39. The molecule has 206 valence electrons. The normalized spacial score (nSPS) is 13.6. The molecule has 0 spiro atoms. The van der Waals surface area contributed by atoms with E-state index in [0.717, 1.165) is 37.6 Å². The van der Waals surface area contributed by atoms with Gasteiger partial charge < -0.3 is 25.2 Å². The number of piperazine rings is 1. The lowest BCUT2D eigenvalue weighted by atomic mass is 10.1. The highest BCUT2D eigenvalue weighted by atomic mass is 32.1. The number of nitrogens with one attached hydrogen (secondary N) is 2. The molecule has 0 bridgehead atoms. The molecule has 0 unspecified atom stereocenters. The van der Waals surface area contributed by atoms with Gasteiger partial charge in [-0.05, 0) is 62.5 Å². The second-order valence-electron chi connectivity index (χ2n) is 9.39. The minimum absolute atomic E-state index is 0.0446. The maximum atomic E-state index is 14.1. The molecule has 0 saturated carbocycles. The molecule has 3 aromatic carbocycles. The molecule has 0 aliphatic carbocycles. The van der Waals surface area contributed by atoms with Crippen LogP contribution in [0.3, 0.4) is 0 Å². The SMILES string of the molecule is CCOC(=O)c1sc(-c2cccc(NC(=O)c3ccccc3F)c2)nc1Nc1ccc(N2CCN(C)CC2)cc1. The number of benzene rings is 3. The average Bonchev–Trinajstić information content (AvgIpc) is 3.38. The Morgan fingerprint density at radius 3 is 2.45 bits per heavy atom. The Morgan fingerprint density at radius 1 is 0.975 bits per heavy atom.